The number of aromatic nitrogens is 3. The van der Waals surface area contributed by atoms with Gasteiger partial charge < -0.3 is 4.98 Å². The highest BCUT2D eigenvalue weighted by Crippen LogP contribution is 2.22. The fourth-order valence-corrected chi connectivity index (χ4v) is 4.02. The standard InChI is InChI=1S/C23H16FN5S/c24-18-9-7-16(8-10-18)22-15-30-23(28-19-4-3-11-25-14-19)29(22)27-13-17-12-26-21-6-2-1-5-20(17)21/h1-15,26H. The molecule has 0 aliphatic rings. The summed E-state index contributed by atoms with van der Waals surface area (Å²) >= 11 is 1.46. The first-order chi connectivity index (χ1) is 14.8. The van der Waals surface area contributed by atoms with Gasteiger partial charge >= 0.3 is 0 Å². The van der Waals surface area contributed by atoms with Crippen molar-refractivity contribution in [3.05, 3.63) is 101 Å². The number of H-pyrrole nitrogens is 1. The number of halogens is 1. The van der Waals surface area contributed by atoms with Crippen molar-refractivity contribution in [2.45, 2.75) is 0 Å². The molecule has 0 atom stereocenters. The van der Waals surface area contributed by atoms with Crippen molar-refractivity contribution in [2.24, 2.45) is 10.1 Å². The molecule has 3 aromatic heterocycles. The lowest BCUT2D eigenvalue weighted by atomic mass is 10.2. The Balaban J connectivity index is 1.65. The number of aromatic amines is 1. The second-order valence-electron chi connectivity index (χ2n) is 6.58. The lowest BCUT2D eigenvalue weighted by Crippen LogP contribution is -2.11. The summed E-state index contributed by atoms with van der Waals surface area (Å²) in [5.41, 5.74) is 4.45. The molecule has 30 heavy (non-hydrogen) atoms. The fourth-order valence-electron chi connectivity index (χ4n) is 3.16. The predicted molar refractivity (Wildman–Crippen MR) is 118 cm³/mol. The lowest BCUT2D eigenvalue weighted by molar-refractivity contribution is 0.628. The third-order valence-corrected chi connectivity index (χ3v) is 5.45. The minimum Gasteiger partial charge on any atom is -0.361 e. The van der Waals surface area contributed by atoms with Gasteiger partial charge in [-0.3, -0.25) is 4.98 Å². The SMILES string of the molecule is Fc1ccc(-c2csc(=Nc3cccnc3)n2N=Cc2c[nH]c3ccccc23)cc1. The van der Waals surface area contributed by atoms with E-state index in [1.165, 1.54) is 23.5 Å². The van der Waals surface area contributed by atoms with E-state index in [9.17, 15) is 4.39 Å². The van der Waals surface area contributed by atoms with Crippen LogP contribution in [0.2, 0.25) is 0 Å². The van der Waals surface area contributed by atoms with Crippen LogP contribution in [0.25, 0.3) is 22.2 Å². The molecule has 0 aliphatic carbocycles. The zero-order valence-electron chi connectivity index (χ0n) is 15.7. The predicted octanol–water partition coefficient (Wildman–Crippen LogP) is 5.35. The van der Waals surface area contributed by atoms with E-state index >= 15 is 0 Å². The fraction of sp³-hybridized carbons (Fsp3) is 0. The molecule has 3 heterocycles. The van der Waals surface area contributed by atoms with Gasteiger partial charge in [-0.2, -0.15) is 5.10 Å². The Labute approximate surface area is 175 Å². The summed E-state index contributed by atoms with van der Waals surface area (Å²) in [5.74, 6) is -0.275. The summed E-state index contributed by atoms with van der Waals surface area (Å²) < 4.78 is 15.2. The maximum absolute atomic E-state index is 13.4. The maximum atomic E-state index is 13.4. The highest BCUT2D eigenvalue weighted by atomic mass is 32.1. The monoisotopic (exact) mass is 413 g/mol. The van der Waals surface area contributed by atoms with E-state index in [1.807, 2.05) is 48.0 Å². The quantitative estimate of drug-likeness (QED) is 0.397. The van der Waals surface area contributed by atoms with Crippen molar-refractivity contribution in [1.82, 2.24) is 14.6 Å². The van der Waals surface area contributed by atoms with Crippen molar-refractivity contribution in [3.63, 3.8) is 0 Å². The summed E-state index contributed by atoms with van der Waals surface area (Å²) in [6.07, 6.45) is 7.14. The van der Waals surface area contributed by atoms with Gasteiger partial charge in [0.25, 0.3) is 0 Å². The molecule has 0 bridgehead atoms. The molecule has 0 saturated carbocycles. The maximum Gasteiger partial charge on any atom is 0.211 e. The average molecular weight is 413 g/mol. The van der Waals surface area contributed by atoms with E-state index in [2.05, 4.69) is 9.97 Å². The Morgan fingerprint density at radius 2 is 1.90 bits per heavy atom. The normalized spacial score (nSPS) is 12.2. The highest BCUT2D eigenvalue weighted by Gasteiger charge is 2.09. The molecule has 5 aromatic rings. The zero-order valence-corrected chi connectivity index (χ0v) is 16.6. The van der Waals surface area contributed by atoms with Crippen LogP contribution in [0, 0.1) is 5.82 Å². The number of nitrogens with one attached hydrogen (secondary N) is 1. The number of hydrogen-bond donors (Lipinski definition) is 1. The van der Waals surface area contributed by atoms with E-state index in [-0.39, 0.29) is 5.82 Å². The number of benzene rings is 2. The molecule has 5 rings (SSSR count). The van der Waals surface area contributed by atoms with Crippen LogP contribution in [-0.4, -0.2) is 20.9 Å². The average Bonchev–Trinajstić information content (AvgIpc) is 3.37. The van der Waals surface area contributed by atoms with Gasteiger partial charge in [-0.05, 0) is 42.5 Å². The van der Waals surface area contributed by atoms with Gasteiger partial charge in [-0.25, -0.2) is 14.1 Å². The zero-order chi connectivity index (χ0) is 20.3. The summed E-state index contributed by atoms with van der Waals surface area (Å²) in [4.78, 5) is 12.8. The molecule has 0 spiro atoms. The summed E-state index contributed by atoms with van der Waals surface area (Å²) in [6, 6.07) is 18.2. The van der Waals surface area contributed by atoms with E-state index in [1.54, 1.807) is 35.4 Å². The Hall–Kier alpha value is -3.84. The topological polar surface area (TPSA) is 58.3 Å². The smallest absolute Gasteiger partial charge is 0.211 e. The third-order valence-electron chi connectivity index (χ3n) is 4.63. The van der Waals surface area contributed by atoms with Crippen LogP contribution >= 0.6 is 11.3 Å². The Kier molecular flexibility index (Phi) is 4.78. The Morgan fingerprint density at radius 1 is 1.03 bits per heavy atom. The summed E-state index contributed by atoms with van der Waals surface area (Å²) in [7, 11) is 0. The number of nitrogens with zero attached hydrogens (tertiary/aromatic N) is 4. The van der Waals surface area contributed by atoms with E-state index in [0.717, 1.165) is 33.4 Å². The van der Waals surface area contributed by atoms with Crippen molar-refractivity contribution >= 4 is 34.1 Å². The molecule has 0 radical (unpaired) electrons. The van der Waals surface area contributed by atoms with Gasteiger partial charge in [-0.1, -0.05) is 18.2 Å². The minimum absolute atomic E-state index is 0.275. The van der Waals surface area contributed by atoms with Crippen LogP contribution in [0.15, 0.2) is 94.7 Å². The molecule has 0 amide bonds. The second-order valence-corrected chi connectivity index (χ2v) is 7.42. The molecular weight excluding hydrogens is 397 g/mol. The molecule has 0 aliphatic heterocycles. The largest absolute Gasteiger partial charge is 0.361 e. The van der Waals surface area contributed by atoms with Gasteiger partial charge in [0.2, 0.25) is 4.80 Å². The Morgan fingerprint density at radius 3 is 2.73 bits per heavy atom. The highest BCUT2D eigenvalue weighted by molar-refractivity contribution is 7.07. The number of hydrogen-bond acceptors (Lipinski definition) is 4. The van der Waals surface area contributed by atoms with Gasteiger partial charge in [0.15, 0.2) is 0 Å². The second kappa shape index (κ2) is 7.88. The number of fused-ring (bicyclic) bond motifs is 1. The van der Waals surface area contributed by atoms with Gasteiger partial charge in [-0.15, -0.1) is 11.3 Å². The van der Waals surface area contributed by atoms with E-state index in [0.29, 0.717) is 4.80 Å². The number of rotatable bonds is 4. The summed E-state index contributed by atoms with van der Waals surface area (Å²) in [5, 5.41) is 7.78. The number of para-hydroxylation sites is 1. The van der Waals surface area contributed by atoms with Crippen molar-refractivity contribution in [3.8, 4) is 11.3 Å². The molecule has 146 valence electrons. The van der Waals surface area contributed by atoms with Crippen molar-refractivity contribution < 1.29 is 4.39 Å². The molecule has 0 saturated heterocycles. The minimum atomic E-state index is -0.275. The third kappa shape index (κ3) is 3.58. The molecule has 2 aromatic carbocycles. The van der Waals surface area contributed by atoms with E-state index < -0.39 is 0 Å². The van der Waals surface area contributed by atoms with E-state index in [4.69, 9.17) is 10.1 Å². The van der Waals surface area contributed by atoms with Gasteiger partial charge in [0.05, 0.1) is 23.8 Å². The molecule has 0 unspecified atom stereocenters. The first kappa shape index (κ1) is 18.2. The molecular formula is C23H16FN5S. The van der Waals surface area contributed by atoms with Crippen LogP contribution in [-0.2, 0) is 0 Å². The van der Waals surface area contributed by atoms with Gasteiger partial charge in [0.1, 0.15) is 5.82 Å². The number of thiazole rings is 1. The molecule has 5 nitrogen and oxygen atoms in total. The first-order valence-corrected chi connectivity index (χ1v) is 10.2. The molecule has 7 heteroatoms. The van der Waals surface area contributed by atoms with Crippen molar-refractivity contribution in [2.75, 3.05) is 0 Å². The summed E-state index contributed by atoms with van der Waals surface area (Å²) in [6.45, 7) is 0. The van der Waals surface area contributed by atoms with Crippen LogP contribution in [0.3, 0.4) is 0 Å². The van der Waals surface area contributed by atoms with Crippen LogP contribution in [0.1, 0.15) is 5.56 Å². The molecule has 1 N–H and O–H groups in total. The lowest BCUT2D eigenvalue weighted by Gasteiger charge is -2.03. The van der Waals surface area contributed by atoms with Gasteiger partial charge in [0, 0.05) is 39.8 Å². The Bertz CT molecular complexity index is 1400. The van der Waals surface area contributed by atoms with Crippen LogP contribution < -0.4 is 4.80 Å². The van der Waals surface area contributed by atoms with Crippen molar-refractivity contribution in [1.29, 1.82) is 0 Å². The first-order valence-electron chi connectivity index (χ1n) is 9.30. The molecule has 0 fully saturated rings. The number of pyridine rings is 1. The van der Waals surface area contributed by atoms with Crippen LogP contribution in [0.5, 0.6) is 0 Å². The van der Waals surface area contributed by atoms with Crippen LogP contribution in [0.4, 0.5) is 10.1 Å².